The molecule has 0 aliphatic rings. The predicted molar refractivity (Wildman–Crippen MR) is 73.3 cm³/mol. The van der Waals surface area contributed by atoms with E-state index in [2.05, 4.69) is 4.98 Å². The molecule has 0 spiro atoms. The fourth-order valence-corrected chi connectivity index (χ4v) is 3.35. The van der Waals surface area contributed by atoms with Crippen molar-refractivity contribution in [3.8, 4) is 0 Å². The maximum absolute atomic E-state index is 12.4. The molecule has 0 bridgehead atoms. The van der Waals surface area contributed by atoms with Crippen LogP contribution in [0.25, 0.3) is 11.1 Å². The topological polar surface area (TPSA) is 61.6 Å². The minimum atomic E-state index is -3.16. The van der Waals surface area contributed by atoms with Gasteiger partial charge in [0.25, 0.3) is 0 Å². The van der Waals surface area contributed by atoms with Crippen molar-refractivity contribution in [2.75, 3.05) is 13.2 Å². The van der Waals surface area contributed by atoms with Crippen LogP contribution in [0.5, 0.6) is 0 Å². The molecule has 6 heteroatoms. The Morgan fingerprint density at radius 1 is 1.26 bits per heavy atom. The summed E-state index contributed by atoms with van der Waals surface area (Å²) in [5, 5.41) is 0. The molecule has 0 N–H and O–H groups in total. The molecule has 0 atom stereocenters. The van der Waals surface area contributed by atoms with Crippen molar-refractivity contribution < 1.29 is 18.0 Å². The lowest BCUT2D eigenvalue weighted by atomic mass is 10.2. The Labute approximate surface area is 112 Å². The molecule has 0 unspecified atom stereocenters. The monoisotopic (exact) mass is 283 g/mol. The van der Waals surface area contributed by atoms with E-state index in [1.165, 1.54) is 0 Å². The third-order valence-corrected chi connectivity index (χ3v) is 4.53. The van der Waals surface area contributed by atoms with Crippen molar-refractivity contribution in [1.82, 2.24) is 4.98 Å². The Balaban J connectivity index is 2.26. The van der Waals surface area contributed by atoms with Gasteiger partial charge >= 0.3 is 7.60 Å². The molecule has 1 heterocycles. The SMILES string of the molecule is CCOP(=O)(Cc1nc2cc(C)ccc2o1)OCC. The van der Waals surface area contributed by atoms with Crippen LogP contribution in [-0.4, -0.2) is 18.2 Å². The number of aromatic nitrogens is 1. The van der Waals surface area contributed by atoms with Crippen LogP contribution in [0.1, 0.15) is 25.3 Å². The van der Waals surface area contributed by atoms with E-state index < -0.39 is 7.60 Å². The van der Waals surface area contributed by atoms with Crippen LogP contribution in [0.2, 0.25) is 0 Å². The molecule has 2 rings (SSSR count). The highest BCUT2D eigenvalue weighted by Gasteiger charge is 2.27. The maximum Gasteiger partial charge on any atom is 0.339 e. The molecule has 0 amide bonds. The molecule has 1 aromatic heterocycles. The lowest BCUT2D eigenvalue weighted by Crippen LogP contribution is -1.99. The highest BCUT2D eigenvalue weighted by Crippen LogP contribution is 2.51. The van der Waals surface area contributed by atoms with Gasteiger partial charge in [-0.1, -0.05) is 6.07 Å². The summed E-state index contributed by atoms with van der Waals surface area (Å²) in [6, 6.07) is 5.73. The smallest absolute Gasteiger partial charge is 0.339 e. The van der Waals surface area contributed by atoms with Gasteiger partial charge < -0.3 is 13.5 Å². The Hall–Kier alpha value is -1.16. The molecule has 19 heavy (non-hydrogen) atoms. The van der Waals surface area contributed by atoms with Crippen molar-refractivity contribution in [3.05, 3.63) is 29.7 Å². The van der Waals surface area contributed by atoms with Gasteiger partial charge in [-0.25, -0.2) is 4.98 Å². The number of nitrogens with zero attached hydrogens (tertiary/aromatic N) is 1. The molecule has 0 fully saturated rings. The highest BCUT2D eigenvalue weighted by atomic mass is 31.2. The zero-order valence-electron chi connectivity index (χ0n) is 11.4. The quantitative estimate of drug-likeness (QED) is 0.752. The van der Waals surface area contributed by atoms with E-state index in [0.717, 1.165) is 11.1 Å². The molecule has 0 aliphatic carbocycles. The average molecular weight is 283 g/mol. The van der Waals surface area contributed by atoms with Crippen LogP contribution < -0.4 is 0 Å². The van der Waals surface area contributed by atoms with Crippen molar-refractivity contribution in [1.29, 1.82) is 0 Å². The average Bonchev–Trinajstić information content (AvgIpc) is 2.70. The summed E-state index contributed by atoms with van der Waals surface area (Å²) < 4.78 is 28.4. The summed E-state index contributed by atoms with van der Waals surface area (Å²) in [7, 11) is -3.16. The third kappa shape index (κ3) is 3.44. The van der Waals surface area contributed by atoms with Crippen molar-refractivity contribution in [3.63, 3.8) is 0 Å². The second-order valence-electron chi connectivity index (χ2n) is 4.18. The largest absolute Gasteiger partial charge is 0.440 e. The van der Waals surface area contributed by atoms with Crippen LogP contribution >= 0.6 is 7.60 Å². The van der Waals surface area contributed by atoms with E-state index in [-0.39, 0.29) is 6.16 Å². The molecule has 5 nitrogen and oxygen atoms in total. The highest BCUT2D eigenvalue weighted by molar-refractivity contribution is 7.52. The molecule has 2 aromatic rings. The number of oxazole rings is 1. The molecule has 0 radical (unpaired) electrons. The van der Waals surface area contributed by atoms with Gasteiger partial charge in [0.2, 0.25) is 5.89 Å². The summed E-state index contributed by atoms with van der Waals surface area (Å²) >= 11 is 0. The lowest BCUT2D eigenvalue weighted by Gasteiger charge is -2.14. The molecular formula is C13H18NO4P. The van der Waals surface area contributed by atoms with E-state index >= 15 is 0 Å². The van der Waals surface area contributed by atoms with Crippen LogP contribution in [0.4, 0.5) is 0 Å². The molecule has 1 aromatic carbocycles. The zero-order valence-corrected chi connectivity index (χ0v) is 12.3. The van der Waals surface area contributed by atoms with Gasteiger partial charge in [-0.3, -0.25) is 4.57 Å². The van der Waals surface area contributed by atoms with E-state index in [1.54, 1.807) is 13.8 Å². The molecule has 0 saturated heterocycles. The zero-order chi connectivity index (χ0) is 13.9. The standard InChI is InChI=1S/C13H18NO4P/c1-4-16-19(15,17-5-2)9-13-14-11-8-10(3)6-7-12(11)18-13/h6-8H,4-5,9H2,1-3H3. The number of hydrogen-bond donors (Lipinski definition) is 0. The first-order valence-corrected chi connectivity index (χ1v) is 8.03. The summed E-state index contributed by atoms with van der Waals surface area (Å²) in [4.78, 5) is 4.32. The van der Waals surface area contributed by atoms with E-state index in [1.807, 2.05) is 25.1 Å². The number of aryl methyl sites for hydroxylation is 1. The Kier molecular flexibility index (Phi) is 4.40. The Morgan fingerprint density at radius 3 is 2.58 bits per heavy atom. The van der Waals surface area contributed by atoms with Crippen LogP contribution in [-0.2, 0) is 19.8 Å². The number of rotatable bonds is 6. The molecule has 0 saturated carbocycles. The number of benzene rings is 1. The first-order chi connectivity index (χ1) is 9.06. The van der Waals surface area contributed by atoms with Gasteiger partial charge in [-0.05, 0) is 38.5 Å². The lowest BCUT2D eigenvalue weighted by molar-refractivity contribution is 0.217. The van der Waals surface area contributed by atoms with Crippen LogP contribution in [0.15, 0.2) is 22.6 Å². The van der Waals surface area contributed by atoms with Crippen molar-refractivity contribution in [2.24, 2.45) is 0 Å². The van der Waals surface area contributed by atoms with E-state index in [9.17, 15) is 4.57 Å². The van der Waals surface area contributed by atoms with E-state index in [4.69, 9.17) is 13.5 Å². The van der Waals surface area contributed by atoms with Gasteiger partial charge in [0.15, 0.2) is 5.58 Å². The van der Waals surface area contributed by atoms with Gasteiger partial charge in [0.1, 0.15) is 11.7 Å². The maximum atomic E-state index is 12.4. The summed E-state index contributed by atoms with van der Waals surface area (Å²) in [6.07, 6.45) is 0.0579. The third-order valence-electron chi connectivity index (χ3n) is 2.57. The molecular weight excluding hydrogens is 265 g/mol. The van der Waals surface area contributed by atoms with E-state index in [0.29, 0.717) is 24.7 Å². The summed E-state index contributed by atoms with van der Waals surface area (Å²) in [5.41, 5.74) is 2.54. The van der Waals surface area contributed by atoms with Crippen LogP contribution in [0, 0.1) is 6.92 Å². The second-order valence-corrected chi connectivity index (χ2v) is 6.24. The summed E-state index contributed by atoms with van der Waals surface area (Å²) in [6.45, 7) is 6.20. The van der Waals surface area contributed by atoms with Crippen LogP contribution in [0.3, 0.4) is 0 Å². The summed E-state index contributed by atoms with van der Waals surface area (Å²) in [5.74, 6) is 0.380. The van der Waals surface area contributed by atoms with Gasteiger partial charge in [0.05, 0.1) is 13.2 Å². The first-order valence-electron chi connectivity index (χ1n) is 6.30. The number of hydrogen-bond acceptors (Lipinski definition) is 5. The normalized spacial score (nSPS) is 12.2. The fourth-order valence-electron chi connectivity index (χ4n) is 1.84. The minimum Gasteiger partial charge on any atom is -0.440 e. The fraction of sp³-hybridized carbons (Fsp3) is 0.462. The Bertz CT molecular complexity index is 598. The Morgan fingerprint density at radius 2 is 1.95 bits per heavy atom. The minimum absolute atomic E-state index is 0.0579. The second kappa shape index (κ2) is 5.87. The first kappa shape index (κ1) is 14.3. The van der Waals surface area contributed by atoms with Gasteiger partial charge in [-0.2, -0.15) is 0 Å². The number of fused-ring (bicyclic) bond motifs is 1. The molecule has 0 aliphatic heterocycles. The van der Waals surface area contributed by atoms with Gasteiger partial charge in [0, 0.05) is 0 Å². The molecule has 104 valence electrons. The van der Waals surface area contributed by atoms with Crippen molar-refractivity contribution in [2.45, 2.75) is 26.9 Å². The van der Waals surface area contributed by atoms with Gasteiger partial charge in [-0.15, -0.1) is 0 Å². The van der Waals surface area contributed by atoms with Crippen molar-refractivity contribution >= 4 is 18.7 Å². The predicted octanol–water partition coefficient (Wildman–Crippen LogP) is 3.90.